The Kier molecular flexibility index (Phi) is 5.95. The van der Waals surface area contributed by atoms with Crippen molar-refractivity contribution in [2.75, 3.05) is 6.54 Å². The highest BCUT2D eigenvalue weighted by Gasteiger charge is 2.19. The highest BCUT2D eigenvalue weighted by molar-refractivity contribution is 6.31. The molecule has 0 bridgehead atoms. The SMILES string of the molecule is CCC(NC(=O)NCC(O)c1ccccc1Cl)c1noc(C)n1. The van der Waals surface area contributed by atoms with Crippen LogP contribution in [0.5, 0.6) is 0 Å². The predicted molar refractivity (Wildman–Crippen MR) is 85.0 cm³/mol. The molecule has 7 nitrogen and oxygen atoms in total. The third kappa shape index (κ3) is 4.67. The summed E-state index contributed by atoms with van der Waals surface area (Å²) < 4.78 is 4.91. The molecule has 0 saturated carbocycles. The van der Waals surface area contributed by atoms with E-state index in [2.05, 4.69) is 20.8 Å². The molecule has 1 aromatic heterocycles. The fourth-order valence-corrected chi connectivity index (χ4v) is 2.32. The van der Waals surface area contributed by atoms with Crippen LogP contribution in [0.3, 0.4) is 0 Å². The van der Waals surface area contributed by atoms with E-state index in [9.17, 15) is 9.90 Å². The van der Waals surface area contributed by atoms with Gasteiger partial charge >= 0.3 is 6.03 Å². The van der Waals surface area contributed by atoms with Gasteiger partial charge in [-0.05, 0) is 12.5 Å². The van der Waals surface area contributed by atoms with Crippen molar-refractivity contribution in [1.82, 2.24) is 20.8 Å². The molecule has 23 heavy (non-hydrogen) atoms. The summed E-state index contributed by atoms with van der Waals surface area (Å²) in [4.78, 5) is 16.1. The van der Waals surface area contributed by atoms with Crippen molar-refractivity contribution >= 4 is 17.6 Å². The number of aromatic nitrogens is 2. The van der Waals surface area contributed by atoms with Crippen molar-refractivity contribution in [3.8, 4) is 0 Å². The minimum Gasteiger partial charge on any atom is -0.387 e. The lowest BCUT2D eigenvalue weighted by Gasteiger charge is -2.17. The average Bonchev–Trinajstić information content (AvgIpc) is 2.97. The highest BCUT2D eigenvalue weighted by Crippen LogP contribution is 2.21. The van der Waals surface area contributed by atoms with Crippen LogP contribution in [-0.4, -0.2) is 27.8 Å². The summed E-state index contributed by atoms with van der Waals surface area (Å²) in [7, 11) is 0. The summed E-state index contributed by atoms with van der Waals surface area (Å²) in [5.41, 5.74) is 0.565. The summed E-state index contributed by atoms with van der Waals surface area (Å²) in [6.45, 7) is 3.62. The molecule has 2 unspecified atom stereocenters. The van der Waals surface area contributed by atoms with Gasteiger partial charge in [-0.25, -0.2) is 4.79 Å². The van der Waals surface area contributed by atoms with E-state index in [1.54, 1.807) is 31.2 Å². The van der Waals surface area contributed by atoms with Gasteiger partial charge in [-0.2, -0.15) is 4.98 Å². The van der Waals surface area contributed by atoms with Gasteiger partial charge in [0.25, 0.3) is 0 Å². The van der Waals surface area contributed by atoms with Gasteiger partial charge in [0.2, 0.25) is 5.89 Å². The van der Waals surface area contributed by atoms with Crippen LogP contribution < -0.4 is 10.6 Å². The molecule has 1 heterocycles. The lowest BCUT2D eigenvalue weighted by atomic mass is 10.1. The summed E-state index contributed by atoms with van der Waals surface area (Å²) >= 11 is 6.01. The van der Waals surface area contributed by atoms with Crippen molar-refractivity contribution in [2.45, 2.75) is 32.4 Å². The second kappa shape index (κ2) is 7.94. The van der Waals surface area contributed by atoms with E-state index in [4.69, 9.17) is 16.1 Å². The van der Waals surface area contributed by atoms with Gasteiger partial charge in [0, 0.05) is 24.1 Å². The molecular weight excluding hydrogens is 320 g/mol. The fourth-order valence-electron chi connectivity index (χ4n) is 2.06. The number of carbonyl (C=O) groups excluding carboxylic acids is 1. The molecule has 3 N–H and O–H groups in total. The van der Waals surface area contributed by atoms with Crippen LogP contribution in [0.15, 0.2) is 28.8 Å². The molecule has 0 aliphatic carbocycles. The van der Waals surface area contributed by atoms with Crippen LogP contribution >= 0.6 is 11.6 Å². The van der Waals surface area contributed by atoms with Crippen LogP contribution in [0, 0.1) is 6.92 Å². The minimum absolute atomic E-state index is 0.0390. The molecule has 8 heteroatoms. The third-order valence-electron chi connectivity index (χ3n) is 3.29. The van der Waals surface area contributed by atoms with E-state index in [1.165, 1.54) is 0 Å². The number of urea groups is 1. The highest BCUT2D eigenvalue weighted by atomic mass is 35.5. The maximum Gasteiger partial charge on any atom is 0.315 e. The number of aryl methyl sites for hydroxylation is 1. The zero-order chi connectivity index (χ0) is 16.8. The number of benzene rings is 1. The molecular formula is C15H19ClN4O3. The van der Waals surface area contributed by atoms with Gasteiger partial charge in [-0.15, -0.1) is 0 Å². The Morgan fingerprint density at radius 1 is 1.43 bits per heavy atom. The Balaban J connectivity index is 1.88. The molecule has 2 aromatic rings. The molecule has 0 aliphatic rings. The number of rotatable bonds is 6. The Hall–Kier alpha value is -2.12. The Morgan fingerprint density at radius 3 is 2.78 bits per heavy atom. The molecule has 1 aromatic carbocycles. The second-order valence-corrected chi connectivity index (χ2v) is 5.43. The van der Waals surface area contributed by atoms with Gasteiger partial charge in [0.1, 0.15) is 0 Å². The van der Waals surface area contributed by atoms with Gasteiger partial charge in [-0.1, -0.05) is 41.9 Å². The predicted octanol–water partition coefficient (Wildman–Crippen LogP) is 2.52. The molecule has 0 fully saturated rings. The molecule has 2 atom stereocenters. The Morgan fingerprint density at radius 2 is 2.17 bits per heavy atom. The molecule has 0 spiro atoms. The lowest BCUT2D eigenvalue weighted by molar-refractivity contribution is 0.172. The van der Waals surface area contributed by atoms with E-state index >= 15 is 0 Å². The van der Waals surface area contributed by atoms with Crippen molar-refractivity contribution in [3.05, 3.63) is 46.6 Å². The molecule has 2 rings (SSSR count). The largest absolute Gasteiger partial charge is 0.387 e. The Bertz CT molecular complexity index is 662. The monoisotopic (exact) mass is 338 g/mol. The van der Waals surface area contributed by atoms with Gasteiger partial charge in [0.15, 0.2) is 5.82 Å². The first-order chi connectivity index (χ1) is 11.0. The first kappa shape index (κ1) is 17.2. The molecule has 124 valence electrons. The first-order valence-electron chi connectivity index (χ1n) is 7.28. The quantitative estimate of drug-likeness (QED) is 0.751. The molecule has 0 aliphatic heterocycles. The van der Waals surface area contributed by atoms with E-state index in [-0.39, 0.29) is 12.6 Å². The standard InChI is InChI=1S/C15H19ClN4O3/c1-3-12(14-18-9(2)23-20-14)19-15(22)17-8-13(21)10-6-4-5-7-11(10)16/h4-7,12-13,21H,3,8H2,1-2H3,(H2,17,19,22). The number of carbonyl (C=O) groups is 1. The number of hydrogen-bond acceptors (Lipinski definition) is 5. The minimum atomic E-state index is -0.887. The normalized spacial score (nSPS) is 13.4. The van der Waals surface area contributed by atoms with Crippen LogP contribution in [0.2, 0.25) is 5.02 Å². The maximum atomic E-state index is 12.0. The maximum absolute atomic E-state index is 12.0. The second-order valence-electron chi connectivity index (χ2n) is 5.02. The fraction of sp³-hybridized carbons (Fsp3) is 0.400. The first-order valence-corrected chi connectivity index (χ1v) is 7.66. The van der Waals surface area contributed by atoms with Crippen LogP contribution in [0.1, 0.15) is 42.8 Å². The number of nitrogens with zero attached hydrogens (tertiary/aromatic N) is 2. The zero-order valence-corrected chi connectivity index (χ0v) is 13.7. The van der Waals surface area contributed by atoms with Crippen molar-refractivity contribution in [1.29, 1.82) is 0 Å². The summed E-state index contributed by atoms with van der Waals surface area (Å²) in [5, 5.41) is 19.7. The number of aliphatic hydroxyl groups is 1. The number of amides is 2. The summed E-state index contributed by atoms with van der Waals surface area (Å²) in [5.74, 6) is 0.863. The number of hydrogen-bond donors (Lipinski definition) is 3. The lowest BCUT2D eigenvalue weighted by Crippen LogP contribution is -2.40. The van der Waals surface area contributed by atoms with Gasteiger partial charge < -0.3 is 20.3 Å². The summed E-state index contributed by atoms with van der Waals surface area (Å²) in [6, 6.07) is 6.17. The van der Waals surface area contributed by atoms with Crippen LogP contribution in [0.25, 0.3) is 0 Å². The molecule has 0 radical (unpaired) electrons. The zero-order valence-electron chi connectivity index (χ0n) is 12.9. The summed E-state index contributed by atoms with van der Waals surface area (Å²) in [6.07, 6.45) is -0.277. The number of halogens is 1. The smallest absolute Gasteiger partial charge is 0.315 e. The molecule has 0 saturated heterocycles. The van der Waals surface area contributed by atoms with E-state index < -0.39 is 12.1 Å². The van der Waals surface area contributed by atoms with Crippen LogP contribution in [-0.2, 0) is 0 Å². The van der Waals surface area contributed by atoms with Crippen molar-refractivity contribution in [2.24, 2.45) is 0 Å². The van der Waals surface area contributed by atoms with E-state index in [0.717, 1.165) is 0 Å². The van der Waals surface area contributed by atoms with E-state index in [1.807, 2.05) is 6.92 Å². The number of aliphatic hydroxyl groups excluding tert-OH is 1. The van der Waals surface area contributed by atoms with Gasteiger partial charge in [0.05, 0.1) is 12.1 Å². The molecule has 2 amide bonds. The number of nitrogens with one attached hydrogen (secondary N) is 2. The van der Waals surface area contributed by atoms with Gasteiger partial charge in [-0.3, -0.25) is 0 Å². The Labute approximate surface area is 139 Å². The van der Waals surface area contributed by atoms with Crippen molar-refractivity contribution < 1.29 is 14.4 Å². The third-order valence-corrected chi connectivity index (χ3v) is 3.63. The average molecular weight is 339 g/mol. The topological polar surface area (TPSA) is 100 Å². The van der Waals surface area contributed by atoms with Crippen molar-refractivity contribution in [3.63, 3.8) is 0 Å². The van der Waals surface area contributed by atoms with E-state index in [0.29, 0.717) is 28.7 Å². The van der Waals surface area contributed by atoms with Crippen LogP contribution in [0.4, 0.5) is 4.79 Å².